The van der Waals surface area contributed by atoms with Crippen molar-refractivity contribution in [1.82, 2.24) is 0 Å². The zero-order valence-electron chi connectivity index (χ0n) is 32.1. The second kappa shape index (κ2) is 14.1. The van der Waals surface area contributed by atoms with Crippen molar-refractivity contribution in [2.45, 2.75) is 39.5 Å². The van der Waals surface area contributed by atoms with Crippen LogP contribution in [-0.2, 0) is 11.8 Å². The maximum Gasteiger partial charge on any atom is 0.0540 e. The Morgan fingerprint density at radius 2 is 0.964 bits per heavy atom. The van der Waals surface area contributed by atoms with Gasteiger partial charge in [-0.3, -0.25) is 0 Å². The van der Waals surface area contributed by atoms with Crippen LogP contribution in [0.2, 0.25) is 0 Å². The normalized spacial score (nSPS) is 12.6. The van der Waals surface area contributed by atoms with E-state index in [-0.39, 0.29) is 5.41 Å². The number of aryl methyl sites for hydroxylation is 2. The molecular formula is C54H45N. The van der Waals surface area contributed by atoms with E-state index in [4.69, 9.17) is 0 Å². The minimum Gasteiger partial charge on any atom is -0.310 e. The van der Waals surface area contributed by atoms with E-state index in [0.29, 0.717) is 0 Å². The lowest BCUT2D eigenvalue weighted by Gasteiger charge is -2.28. The van der Waals surface area contributed by atoms with Crippen molar-refractivity contribution >= 4 is 17.1 Å². The third-order valence-electron chi connectivity index (χ3n) is 11.7. The standard InChI is InChI=1S/C54H45N/c1-5-38-35-40(29-33-46(38)44-20-10-9-17-37(44)2)39-27-31-43(32-28-39)55(42-18-7-6-8-19-42)53-26-16-14-24-49(53)47-22-12-11-21-45(47)41-30-34-52-50(36-41)48-23-13-15-25-51(48)54(52,3)4/h6-36H,5H2,1-4H3. The molecule has 1 heteroatoms. The van der Waals surface area contributed by atoms with Gasteiger partial charge in [-0.2, -0.15) is 0 Å². The van der Waals surface area contributed by atoms with Gasteiger partial charge in [-0.25, -0.2) is 0 Å². The highest BCUT2D eigenvalue weighted by atomic mass is 15.1. The van der Waals surface area contributed by atoms with Crippen molar-refractivity contribution in [2.75, 3.05) is 4.90 Å². The first-order valence-corrected chi connectivity index (χ1v) is 19.5. The molecule has 0 N–H and O–H groups in total. The van der Waals surface area contributed by atoms with Gasteiger partial charge < -0.3 is 4.90 Å². The molecule has 0 aliphatic heterocycles. The van der Waals surface area contributed by atoms with Gasteiger partial charge >= 0.3 is 0 Å². The molecule has 1 aliphatic carbocycles. The lowest BCUT2D eigenvalue weighted by Crippen LogP contribution is -2.14. The van der Waals surface area contributed by atoms with E-state index in [1.165, 1.54) is 77.9 Å². The molecule has 0 fully saturated rings. The average Bonchev–Trinajstić information content (AvgIpc) is 3.47. The summed E-state index contributed by atoms with van der Waals surface area (Å²) < 4.78 is 0. The summed E-state index contributed by atoms with van der Waals surface area (Å²) in [6.45, 7) is 9.14. The summed E-state index contributed by atoms with van der Waals surface area (Å²) in [5, 5.41) is 0. The van der Waals surface area contributed by atoms with Gasteiger partial charge in [0.15, 0.2) is 0 Å². The molecule has 0 radical (unpaired) electrons. The first-order valence-electron chi connectivity index (χ1n) is 19.5. The van der Waals surface area contributed by atoms with Crippen LogP contribution < -0.4 is 4.90 Å². The molecule has 266 valence electrons. The molecule has 0 amide bonds. The Hall–Kier alpha value is -6.44. The molecule has 0 saturated heterocycles. The summed E-state index contributed by atoms with van der Waals surface area (Å²) >= 11 is 0. The molecule has 8 aromatic carbocycles. The fourth-order valence-corrected chi connectivity index (χ4v) is 8.76. The van der Waals surface area contributed by atoms with Crippen LogP contribution in [0.3, 0.4) is 0 Å². The van der Waals surface area contributed by atoms with Crippen LogP contribution in [0.15, 0.2) is 188 Å². The van der Waals surface area contributed by atoms with E-state index in [9.17, 15) is 0 Å². The van der Waals surface area contributed by atoms with Crippen LogP contribution in [0, 0.1) is 6.92 Å². The molecule has 0 aromatic heterocycles. The zero-order valence-corrected chi connectivity index (χ0v) is 32.1. The Labute approximate surface area is 326 Å². The Bertz CT molecular complexity index is 2660. The van der Waals surface area contributed by atoms with Gasteiger partial charge in [-0.1, -0.05) is 172 Å². The summed E-state index contributed by atoms with van der Waals surface area (Å²) in [6, 6.07) is 69.2. The number of nitrogens with zero attached hydrogens (tertiary/aromatic N) is 1. The van der Waals surface area contributed by atoms with E-state index in [2.05, 4.69) is 221 Å². The van der Waals surface area contributed by atoms with E-state index in [1.54, 1.807) is 0 Å². The van der Waals surface area contributed by atoms with Gasteiger partial charge in [0.2, 0.25) is 0 Å². The highest BCUT2D eigenvalue weighted by Gasteiger charge is 2.35. The van der Waals surface area contributed by atoms with Crippen molar-refractivity contribution in [3.05, 3.63) is 210 Å². The second-order valence-corrected chi connectivity index (χ2v) is 15.3. The number of benzene rings is 8. The summed E-state index contributed by atoms with van der Waals surface area (Å²) in [5.41, 5.74) is 21.4. The van der Waals surface area contributed by atoms with Gasteiger partial charge in [0.1, 0.15) is 0 Å². The van der Waals surface area contributed by atoms with Crippen molar-refractivity contribution in [1.29, 1.82) is 0 Å². The predicted octanol–water partition coefficient (Wildman–Crippen LogP) is 15.0. The molecule has 0 bridgehead atoms. The van der Waals surface area contributed by atoms with E-state index in [0.717, 1.165) is 23.5 Å². The molecule has 0 atom stereocenters. The number of hydrogen-bond donors (Lipinski definition) is 0. The Morgan fingerprint density at radius 3 is 1.71 bits per heavy atom. The van der Waals surface area contributed by atoms with Crippen LogP contribution in [0.4, 0.5) is 17.1 Å². The highest BCUT2D eigenvalue weighted by molar-refractivity contribution is 5.95. The predicted molar refractivity (Wildman–Crippen MR) is 235 cm³/mol. The Kier molecular flexibility index (Phi) is 8.79. The zero-order chi connectivity index (χ0) is 37.5. The Balaban J connectivity index is 1.12. The molecule has 1 aliphatic rings. The summed E-state index contributed by atoms with van der Waals surface area (Å²) in [7, 11) is 0. The average molecular weight is 708 g/mol. The van der Waals surface area contributed by atoms with Crippen molar-refractivity contribution in [3.8, 4) is 55.6 Å². The lowest BCUT2D eigenvalue weighted by atomic mass is 9.82. The van der Waals surface area contributed by atoms with Gasteiger partial charge in [-0.05, 0) is 122 Å². The monoisotopic (exact) mass is 707 g/mol. The van der Waals surface area contributed by atoms with Crippen molar-refractivity contribution < 1.29 is 0 Å². The molecule has 55 heavy (non-hydrogen) atoms. The number of rotatable bonds is 8. The topological polar surface area (TPSA) is 3.24 Å². The first kappa shape index (κ1) is 34.3. The van der Waals surface area contributed by atoms with Gasteiger partial charge in [-0.15, -0.1) is 0 Å². The molecule has 0 spiro atoms. The maximum absolute atomic E-state index is 2.41. The fourth-order valence-electron chi connectivity index (χ4n) is 8.76. The quantitative estimate of drug-likeness (QED) is 0.152. The number of para-hydroxylation sites is 2. The molecule has 8 aromatic rings. The third-order valence-corrected chi connectivity index (χ3v) is 11.7. The molecule has 9 rings (SSSR count). The second-order valence-electron chi connectivity index (χ2n) is 15.3. The number of anilines is 3. The van der Waals surface area contributed by atoms with E-state index < -0.39 is 0 Å². The SMILES string of the molecule is CCc1cc(-c2ccc(N(c3ccccc3)c3ccccc3-c3ccccc3-c3ccc4c(c3)-c3ccccc3C4(C)C)cc2)ccc1-c1ccccc1C. The van der Waals surface area contributed by atoms with Gasteiger partial charge in [0.05, 0.1) is 5.69 Å². The first-order chi connectivity index (χ1) is 26.9. The summed E-state index contributed by atoms with van der Waals surface area (Å²) in [5.74, 6) is 0. The molecule has 0 unspecified atom stereocenters. The van der Waals surface area contributed by atoms with Crippen molar-refractivity contribution in [3.63, 3.8) is 0 Å². The third kappa shape index (κ3) is 6.07. The highest BCUT2D eigenvalue weighted by Crippen LogP contribution is 2.50. The van der Waals surface area contributed by atoms with Gasteiger partial charge in [0, 0.05) is 22.4 Å². The van der Waals surface area contributed by atoms with Crippen LogP contribution in [-0.4, -0.2) is 0 Å². The summed E-state index contributed by atoms with van der Waals surface area (Å²) in [4.78, 5) is 2.40. The van der Waals surface area contributed by atoms with E-state index >= 15 is 0 Å². The Morgan fingerprint density at radius 1 is 0.400 bits per heavy atom. The van der Waals surface area contributed by atoms with Crippen LogP contribution in [0.1, 0.15) is 43.0 Å². The maximum atomic E-state index is 2.41. The van der Waals surface area contributed by atoms with E-state index in [1.807, 2.05) is 0 Å². The van der Waals surface area contributed by atoms with Crippen LogP contribution in [0.25, 0.3) is 55.6 Å². The number of fused-ring (bicyclic) bond motifs is 3. The smallest absolute Gasteiger partial charge is 0.0540 e. The van der Waals surface area contributed by atoms with Gasteiger partial charge in [0.25, 0.3) is 0 Å². The number of hydrogen-bond acceptors (Lipinski definition) is 1. The fraction of sp³-hybridized carbons (Fsp3) is 0.111. The lowest BCUT2D eigenvalue weighted by molar-refractivity contribution is 0.660. The molecule has 0 saturated carbocycles. The minimum absolute atomic E-state index is 0.0225. The molecule has 1 nitrogen and oxygen atoms in total. The van der Waals surface area contributed by atoms with Crippen LogP contribution >= 0.6 is 0 Å². The molecular weight excluding hydrogens is 663 g/mol. The summed E-state index contributed by atoms with van der Waals surface area (Å²) in [6.07, 6.45) is 0.979. The minimum atomic E-state index is -0.0225. The largest absolute Gasteiger partial charge is 0.310 e. The van der Waals surface area contributed by atoms with Crippen molar-refractivity contribution in [2.24, 2.45) is 0 Å². The molecule has 0 heterocycles. The van der Waals surface area contributed by atoms with Crippen LogP contribution in [0.5, 0.6) is 0 Å².